The van der Waals surface area contributed by atoms with Crippen molar-refractivity contribution in [2.75, 3.05) is 25.3 Å². The van der Waals surface area contributed by atoms with E-state index in [4.69, 9.17) is 13.9 Å². The Labute approximate surface area is 177 Å². The zero-order valence-corrected chi connectivity index (χ0v) is 17.2. The molecule has 0 spiro atoms. The molecule has 1 amide bonds. The fraction of sp³-hybridized carbons (Fsp3) is 0.136. The normalized spacial score (nSPS) is 10.7. The Hall–Kier alpha value is -3.52. The molecule has 7 nitrogen and oxygen atoms in total. The summed E-state index contributed by atoms with van der Waals surface area (Å²) in [4.78, 5) is 12.3. The Morgan fingerprint density at radius 2 is 1.77 bits per heavy atom. The first-order valence-electron chi connectivity index (χ1n) is 9.13. The largest absolute Gasteiger partial charge is 0.493 e. The van der Waals surface area contributed by atoms with E-state index in [2.05, 4.69) is 15.5 Å². The van der Waals surface area contributed by atoms with Crippen molar-refractivity contribution in [2.24, 2.45) is 0 Å². The van der Waals surface area contributed by atoms with Gasteiger partial charge in [-0.15, -0.1) is 10.2 Å². The van der Waals surface area contributed by atoms with Gasteiger partial charge in [0.05, 0.1) is 20.0 Å². The van der Waals surface area contributed by atoms with Crippen LogP contribution in [0.4, 0.5) is 5.69 Å². The number of fused-ring (bicyclic) bond motifs is 1. The van der Waals surface area contributed by atoms with E-state index in [0.29, 0.717) is 28.3 Å². The van der Waals surface area contributed by atoms with Crippen LogP contribution in [0.2, 0.25) is 0 Å². The Morgan fingerprint density at radius 1 is 0.967 bits per heavy atom. The molecule has 0 aliphatic rings. The number of ether oxygens (including phenoxy) is 2. The number of hydrogen-bond acceptors (Lipinski definition) is 7. The quantitative estimate of drug-likeness (QED) is 0.435. The summed E-state index contributed by atoms with van der Waals surface area (Å²) in [7, 11) is 3.10. The second-order valence-electron chi connectivity index (χ2n) is 6.34. The molecule has 1 N–H and O–H groups in total. The van der Waals surface area contributed by atoms with E-state index in [0.717, 1.165) is 16.3 Å². The minimum absolute atomic E-state index is 0.133. The van der Waals surface area contributed by atoms with Gasteiger partial charge in [0.25, 0.3) is 5.22 Å². The third-order valence-corrected chi connectivity index (χ3v) is 5.22. The van der Waals surface area contributed by atoms with Crippen LogP contribution in [0.25, 0.3) is 22.2 Å². The molecular weight excluding hydrogens is 402 g/mol. The average molecular weight is 421 g/mol. The van der Waals surface area contributed by atoms with Crippen LogP contribution < -0.4 is 14.8 Å². The molecule has 4 aromatic rings. The third kappa shape index (κ3) is 4.38. The number of carbonyl (C=O) groups excluding carboxylic acids is 1. The lowest BCUT2D eigenvalue weighted by molar-refractivity contribution is -0.113. The maximum atomic E-state index is 12.3. The van der Waals surface area contributed by atoms with Crippen molar-refractivity contribution in [3.05, 3.63) is 60.7 Å². The van der Waals surface area contributed by atoms with Gasteiger partial charge in [-0.05, 0) is 35.0 Å². The number of thioether (sulfide) groups is 1. The molecule has 0 radical (unpaired) electrons. The van der Waals surface area contributed by atoms with Gasteiger partial charge in [-0.25, -0.2) is 0 Å². The van der Waals surface area contributed by atoms with Crippen LogP contribution in [0.5, 0.6) is 11.5 Å². The van der Waals surface area contributed by atoms with Crippen LogP contribution in [-0.4, -0.2) is 36.1 Å². The van der Waals surface area contributed by atoms with E-state index < -0.39 is 0 Å². The zero-order chi connectivity index (χ0) is 20.9. The predicted octanol–water partition coefficient (Wildman–Crippen LogP) is 4.64. The molecule has 0 saturated heterocycles. The summed E-state index contributed by atoms with van der Waals surface area (Å²) < 4.78 is 16.1. The monoisotopic (exact) mass is 421 g/mol. The number of anilines is 1. The Morgan fingerprint density at radius 3 is 2.57 bits per heavy atom. The van der Waals surface area contributed by atoms with E-state index in [1.165, 1.54) is 11.8 Å². The molecule has 0 aliphatic heterocycles. The summed E-state index contributed by atoms with van der Waals surface area (Å²) in [6.45, 7) is 0. The van der Waals surface area contributed by atoms with Gasteiger partial charge < -0.3 is 19.2 Å². The third-order valence-electron chi connectivity index (χ3n) is 4.40. The Balaban J connectivity index is 1.38. The number of carbonyl (C=O) groups is 1. The summed E-state index contributed by atoms with van der Waals surface area (Å²) in [5.41, 5.74) is 1.45. The van der Waals surface area contributed by atoms with Crippen molar-refractivity contribution < 1.29 is 18.7 Å². The first-order chi connectivity index (χ1) is 14.7. The molecule has 8 heteroatoms. The highest BCUT2D eigenvalue weighted by Crippen LogP contribution is 2.30. The SMILES string of the molecule is COc1ccc(NC(=O)CSc2nnc(-c3ccc4ccccc4c3)o2)cc1OC. The first-order valence-corrected chi connectivity index (χ1v) is 10.1. The predicted molar refractivity (Wildman–Crippen MR) is 116 cm³/mol. The molecule has 30 heavy (non-hydrogen) atoms. The Kier molecular flexibility index (Phi) is 5.85. The van der Waals surface area contributed by atoms with Crippen LogP contribution in [0, 0.1) is 0 Å². The van der Waals surface area contributed by atoms with Crippen molar-refractivity contribution in [1.82, 2.24) is 10.2 Å². The zero-order valence-electron chi connectivity index (χ0n) is 16.4. The van der Waals surface area contributed by atoms with Gasteiger partial charge in [0.2, 0.25) is 11.8 Å². The number of nitrogens with one attached hydrogen (secondary N) is 1. The Bertz CT molecular complexity index is 1190. The number of nitrogens with zero attached hydrogens (tertiary/aromatic N) is 2. The molecule has 4 rings (SSSR count). The fourth-order valence-electron chi connectivity index (χ4n) is 2.95. The lowest BCUT2D eigenvalue weighted by Crippen LogP contribution is -2.14. The van der Waals surface area contributed by atoms with Crippen LogP contribution in [0.3, 0.4) is 0 Å². The molecule has 1 aromatic heterocycles. The van der Waals surface area contributed by atoms with Crippen molar-refractivity contribution >= 4 is 34.1 Å². The van der Waals surface area contributed by atoms with E-state index in [1.54, 1.807) is 32.4 Å². The summed E-state index contributed by atoms with van der Waals surface area (Å²) in [5, 5.41) is 13.5. The van der Waals surface area contributed by atoms with Gasteiger partial charge in [0, 0.05) is 17.3 Å². The number of methoxy groups -OCH3 is 2. The summed E-state index contributed by atoms with van der Waals surface area (Å²) in [5.74, 6) is 1.49. The van der Waals surface area contributed by atoms with E-state index >= 15 is 0 Å². The molecule has 0 unspecified atom stereocenters. The molecule has 152 valence electrons. The van der Waals surface area contributed by atoms with Crippen LogP contribution in [0.1, 0.15) is 0 Å². The fourth-order valence-corrected chi connectivity index (χ4v) is 3.51. The highest BCUT2D eigenvalue weighted by atomic mass is 32.2. The number of hydrogen-bond donors (Lipinski definition) is 1. The van der Waals surface area contributed by atoms with E-state index in [-0.39, 0.29) is 11.7 Å². The second-order valence-corrected chi connectivity index (χ2v) is 7.27. The summed E-state index contributed by atoms with van der Waals surface area (Å²) in [6.07, 6.45) is 0. The van der Waals surface area contributed by atoms with Gasteiger partial charge >= 0.3 is 0 Å². The van der Waals surface area contributed by atoms with Crippen molar-refractivity contribution in [2.45, 2.75) is 5.22 Å². The molecule has 0 saturated carbocycles. The van der Waals surface area contributed by atoms with Crippen molar-refractivity contribution in [1.29, 1.82) is 0 Å². The minimum atomic E-state index is -0.197. The van der Waals surface area contributed by atoms with Gasteiger partial charge in [-0.2, -0.15) is 0 Å². The van der Waals surface area contributed by atoms with Crippen LogP contribution in [-0.2, 0) is 4.79 Å². The molecule has 0 fully saturated rings. The van der Waals surface area contributed by atoms with Crippen molar-refractivity contribution in [3.63, 3.8) is 0 Å². The number of benzene rings is 3. The van der Waals surface area contributed by atoms with E-state index in [9.17, 15) is 4.79 Å². The summed E-state index contributed by atoms with van der Waals surface area (Å²) >= 11 is 1.18. The lowest BCUT2D eigenvalue weighted by Gasteiger charge is -2.10. The topological polar surface area (TPSA) is 86.5 Å². The van der Waals surface area contributed by atoms with Crippen LogP contribution in [0.15, 0.2) is 70.3 Å². The minimum Gasteiger partial charge on any atom is -0.493 e. The molecule has 0 atom stereocenters. The number of amides is 1. The molecular formula is C22H19N3O4S. The van der Waals surface area contributed by atoms with Gasteiger partial charge in [-0.1, -0.05) is 42.1 Å². The smallest absolute Gasteiger partial charge is 0.277 e. The molecule has 1 heterocycles. The van der Waals surface area contributed by atoms with Gasteiger partial charge in [0.15, 0.2) is 11.5 Å². The van der Waals surface area contributed by atoms with Crippen LogP contribution >= 0.6 is 11.8 Å². The highest BCUT2D eigenvalue weighted by Gasteiger charge is 2.13. The molecule has 0 bridgehead atoms. The van der Waals surface area contributed by atoms with Gasteiger partial charge in [-0.3, -0.25) is 4.79 Å². The lowest BCUT2D eigenvalue weighted by atomic mass is 10.1. The van der Waals surface area contributed by atoms with Gasteiger partial charge in [0.1, 0.15) is 0 Å². The highest BCUT2D eigenvalue weighted by molar-refractivity contribution is 7.99. The standard InChI is InChI=1S/C22H19N3O4S/c1-27-18-10-9-17(12-19(18)28-2)23-20(26)13-30-22-25-24-21(29-22)16-8-7-14-5-3-4-6-15(14)11-16/h3-12H,13H2,1-2H3,(H,23,26). The maximum Gasteiger partial charge on any atom is 0.277 e. The number of aromatic nitrogens is 2. The second kappa shape index (κ2) is 8.87. The summed E-state index contributed by atoms with van der Waals surface area (Å²) in [6, 6.07) is 19.2. The average Bonchev–Trinajstić information content (AvgIpc) is 3.26. The first kappa shape index (κ1) is 19.8. The maximum absolute atomic E-state index is 12.3. The molecule has 0 aliphatic carbocycles. The number of rotatable bonds is 7. The van der Waals surface area contributed by atoms with Crippen molar-refractivity contribution in [3.8, 4) is 23.0 Å². The van der Waals surface area contributed by atoms with E-state index in [1.807, 2.05) is 42.5 Å². The molecule has 3 aromatic carbocycles.